The molecule has 2 aromatic rings. The minimum Gasteiger partial charge on any atom is -0.478 e. The number of benzene rings is 1. The maximum absolute atomic E-state index is 11.0. The Kier molecular flexibility index (Phi) is 2.98. The van der Waals surface area contributed by atoms with Gasteiger partial charge in [-0.3, -0.25) is 0 Å². The van der Waals surface area contributed by atoms with Crippen molar-refractivity contribution in [3.05, 3.63) is 30.2 Å². The van der Waals surface area contributed by atoms with Crippen molar-refractivity contribution in [3.8, 4) is 0 Å². The molecule has 2 nitrogen and oxygen atoms in total. The lowest BCUT2D eigenvalue weighted by Crippen LogP contribution is -2.00. The molecular weight excluding hydrogens is 426 g/mol. The molecule has 0 saturated heterocycles. The summed E-state index contributed by atoms with van der Waals surface area (Å²) in [5.74, 6) is -0.849. The Bertz CT molecular complexity index is 519. The van der Waals surface area contributed by atoms with E-state index in [1.165, 1.54) is 11.3 Å². The number of carboxylic acids is 1. The number of thiophene rings is 1. The van der Waals surface area contributed by atoms with Gasteiger partial charge in [-0.25, -0.2) is 4.79 Å². The number of rotatable bonds is 1. The van der Waals surface area contributed by atoms with Gasteiger partial charge in [0, 0.05) is 12.5 Å². The summed E-state index contributed by atoms with van der Waals surface area (Å²) in [6, 6.07) is 3.86. The van der Waals surface area contributed by atoms with E-state index in [-0.39, 0.29) is 0 Å². The van der Waals surface area contributed by atoms with Gasteiger partial charge in [-0.1, -0.05) is 0 Å². The Balaban J connectivity index is 2.93. The van der Waals surface area contributed by atoms with Crippen LogP contribution < -0.4 is 0 Å². The molecule has 2 rings (SSSR count). The van der Waals surface area contributed by atoms with Crippen molar-refractivity contribution in [3.63, 3.8) is 0 Å². The predicted molar refractivity (Wildman–Crippen MR) is 74.2 cm³/mol. The summed E-state index contributed by atoms with van der Waals surface area (Å²) in [6.45, 7) is 0. The van der Waals surface area contributed by atoms with E-state index in [9.17, 15) is 4.79 Å². The second-order valence-electron chi connectivity index (χ2n) is 2.68. The zero-order valence-corrected chi connectivity index (χ0v) is 11.9. The molecular formula is C9H4I2O2S. The first-order valence-electron chi connectivity index (χ1n) is 3.69. The molecule has 72 valence electrons. The van der Waals surface area contributed by atoms with Crippen LogP contribution in [0.1, 0.15) is 10.4 Å². The minimum absolute atomic E-state index is 0.427. The summed E-state index contributed by atoms with van der Waals surface area (Å²) in [4.78, 5) is 11.0. The number of hydrogen-bond donors (Lipinski definition) is 1. The van der Waals surface area contributed by atoms with E-state index in [1.54, 1.807) is 0 Å². The first-order valence-corrected chi connectivity index (χ1v) is 6.73. The van der Waals surface area contributed by atoms with Crippen molar-refractivity contribution in [2.45, 2.75) is 0 Å². The molecule has 0 radical (unpaired) electrons. The second kappa shape index (κ2) is 3.93. The summed E-state index contributed by atoms with van der Waals surface area (Å²) < 4.78 is 2.77. The van der Waals surface area contributed by atoms with Gasteiger partial charge in [-0.15, -0.1) is 11.3 Å². The molecule has 14 heavy (non-hydrogen) atoms. The smallest absolute Gasteiger partial charge is 0.338 e. The van der Waals surface area contributed by atoms with Crippen molar-refractivity contribution in [1.29, 1.82) is 0 Å². The molecule has 0 bridgehead atoms. The third-order valence-electron chi connectivity index (χ3n) is 1.86. The van der Waals surface area contributed by atoms with E-state index in [4.69, 9.17) is 5.11 Å². The van der Waals surface area contributed by atoms with Crippen molar-refractivity contribution >= 4 is 72.6 Å². The topological polar surface area (TPSA) is 37.3 Å². The Labute approximate surface area is 112 Å². The van der Waals surface area contributed by atoms with Crippen LogP contribution in [0.5, 0.6) is 0 Å². The quantitative estimate of drug-likeness (QED) is 0.700. The molecule has 1 aromatic heterocycles. The average Bonchev–Trinajstić information content (AvgIpc) is 2.51. The maximum Gasteiger partial charge on any atom is 0.338 e. The van der Waals surface area contributed by atoms with Crippen LogP contribution in [0.25, 0.3) is 10.1 Å². The summed E-state index contributed by atoms with van der Waals surface area (Å²) in [7, 11) is 0. The second-order valence-corrected chi connectivity index (χ2v) is 5.92. The van der Waals surface area contributed by atoms with E-state index in [0.717, 1.165) is 17.2 Å². The fourth-order valence-electron chi connectivity index (χ4n) is 1.26. The monoisotopic (exact) mass is 430 g/mol. The number of halogens is 2. The maximum atomic E-state index is 11.0. The number of hydrogen-bond acceptors (Lipinski definition) is 2. The first kappa shape index (κ1) is 10.6. The molecule has 1 N–H and O–H groups in total. The highest BCUT2D eigenvalue weighted by molar-refractivity contribution is 14.1. The van der Waals surface area contributed by atoms with E-state index in [1.807, 2.05) is 17.5 Å². The molecule has 0 spiro atoms. The molecule has 0 saturated carbocycles. The van der Waals surface area contributed by atoms with Crippen LogP contribution in [0.3, 0.4) is 0 Å². The van der Waals surface area contributed by atoms with Crippen LogP contribution in [0, 0.1) is 7.14 Å². The number of fused-ring (bicyclic) bond motifs is 1. The van der Waals surface area contributed by atoms with Crippen molar-refractivity contribution in [1.82, 2.24) is 0 Å². The van der Waals surface area contributed by atoms with Gasteiger partial charge in [-0.05, 0) is 62.7 Å². The molecule has 0 fully saturated rings. The van der Waals surface area contributed by atoms with Crippen molar-refractivity contribution in [2.24, 2.45) is 0 Å². The minimum atomic E-state index is -0.849. The lowest BCUT2D eigenvalue weighted by atomic mass is 10.2. The standard InChI is InChI=1S/C9H4I2O2S/c10-5-3-6(11)7(9(12)13)8-4(5)1-2-14-8/h1-3H,(H,12,13). The third kappa shape index (κ3) is 1.65. The Morgan fingerprint density at radius 2 is 2.07 bits per heavy atom. The molecule has 0 aliphatic rings. The van der Waals surface area contributed by atoms with Crippen LogP contribution in [-0.2, 0) is 0 Å². The van der Waals surface area contributed by atoms with Gasteiger partial charge in [0.05, 0.1) is 10.3 Å². The predicted octanol–water partition coefficient (Wildman–Crippen LogP) is 3.81. The van der Waals surface area contributed by atoms with E-state index in [2.05, 4.69) is 45.2 Å². The molecule has 0 unspecified atom stereocenters. The van der Waals surface area contributed by atoms with E-state index >= 15 is 0 Å². The summed E-state index contributed by atoms with van der Waals surface area (Å²) in [5, 5.41) is 12.0. The lowest BCUT2D eigenvalue weighted by Gasteiger charge is -2.02. The van der Waals surface area contributed by atoms with Crippen molar-refractivity contribution < 1.29 is 9.90 Å². The molecule has 1 aromatic carbocycles. The molecule has 0 atom stereocenters. The van der Waals surface area contributed by atoms with Crippen LogP contribution >= 0.6 is 56.5 Å². The van der Waals surface area contributed by atoms with Crippen LogP contribution in [-0.4, -0.2) is 11.1 Å². The van der Waals surface area contributed by atoms with E-state index in [0.29, 0.717) is 5.56 Å². The summed E-state index contributed by atoms with van der Waals surface area (Å²) >= 11 is 5.78. The average molecular weight is 430 g/mol. The van der Waals surface area contributed by atoms with Crippen LogP contribution in [0.15, 0.2) is 17.5 Å². The van der Waals surface area contributed by atoms with Crippen molar-refractivity contribution in [2.75, 3.05) is 0 Å². The molecule has 0 aliphatic heterocycles. The molecule has 0 aliphatic carbocycles. The fourth-order valence-corrected chi connectivity index (χ4v) is 4.75. The molecule has 1 heterocycles. The van der Waals surface area contributed by atoms with Crippen LogP contribution in [0.4, 0.5) is 0 Å². The highest BCUT2D eigenvalue weighted by Gasteiger charge is 2.15. The molecule has 5 heteroatoms. The Morgan fingerprint density at radius 1 is 1.36 bits per heavy atom. The normalized spacial score (nSPS) is 10.7. The zero-order chi connectivity index (χ0) is 10.3. The lowest BCUT2D eigenvalue weighted by molar-refractivity contribution is 0.0698. The van der Waals surface area contributed by atoms with Gasteiger partial charge in [0.2, 0.25) is 0 Å². The van der Waals surface area contributed by atoms with Gasteiger partial charge < -0.3 is 5.11 Å². The highest BCUT2D eigenvalue weighted by atomic mass is 127. The van der Waals surface area contributed by atoms with Gasteiger partial charge in [0.15, 0.2) is 0 Å². The third-order valence-corrected chi connectivity index (χ3v) is 4.53. The summed E-state index contributed by atoms with van der Waals surface area (Å²) in [6.07, 6.45) is 0. The Morgan fingerprint density at radius 3 is 2.71 bits per heavy atom. The highest BCUT2D eigenvalue weighted by Crippen LogP contribution is 2.32. The summed E-state index contributed by atoms with van der Waals surface area (Å²) in [5.41, 5.74) is 0.427. The number of aromatic carboxylic acids is 1. The zero-order valence-electron chi connectivity index (χ0n) is 6.75. The molecule has 0 amide bonds. The van der Waals surface area contributed by atoms with Gasteiger partial charge >= 0.3 is 5.97 Å². The largest absolute Gasteiger partial charge is 0.478 e. The van der Waals surface area contributed by atoms with E-state index < -0.39 is 5.97 Å². The SMILES string of the molecule is O=C(O)c1c(I)cc(I)c2ccsc12. The van der Waals surface area contributed by atoms with Gasteiger partial charge in [-0.2, -0.15) is 0 Å². The van der Waals surface area contributed by atoms with Gasteiger partial charge in [0.25, 0.3) is 0 Å². The Hall–Kier alpha value is 0.110. The number of carbonyl (C=O) groups is 1. The van der Waals surface area contributed by atoms with Gasteiger partial charge in [0.1, 0.15) is 0 Å². The van der Waals surface area contributed by atoms with Crippen LogP contribution in [0.2, 0.25) is 0 Å². The fraction of sp³-hybridized carbons (Fsp3) is 0. The number of carboxylic acid groups (broad SMARTS) is 1. The first-order chi connectivity index (χ1) is 6.61.